The van der Waals surface area contributed by atoms with Crippen molar-refractivity contribution in [3.63, 3.8) is 0 Å². The predicted octanol–water partition coefficient (Wildman–Crippen LogP) is 1.90. The summed E-state index contributed by atoms with van der Waals surface area (Å²) in [6.07, 6.45) is 4.41. The third-order valence-electron chi connectivity index (χ3n) is 7.09. The molecule has 0 saturated carbocycles. The van der Waals surface area contributed by atoms with Crippen LogP contribution in [0.25, 0.3) is 6.08 Å². The fourth-order valence-corrected chi connectivity index (χ4v) is 4.45. The quantitative estimate of drug-likeness (QED) is 0.448. The van der Waals surface area contributed by atoms with Crippen LogP contribution in [0.3, 0.4) is 0 Å². The highest BCUT2D eigenvalue weighted by molar-refractivity contribution is 5.93. The number of likely N-dealkylation sites (N-methyl/N-ethyl adjacent to an activating group) is 1. The van der Waals surface area contributed by atoms with E-state index in [1.165, 1.54) is 24.1 Å². The lowest BCUT2D eigenvalue weighted by atomic mass is 9.97. The smallest absolute Gasteiger partial charge is 0.245 e. The largest absolute Gasteiger partial charge is 0.492 e. The number of hydrogen-bond donors (Lipinski definition) is 4. The van der Waals surface area contributed by atoms with E-state index in [0.29, 0.717) is 30.9 Å². The van der Waals surface area contributed by atoms with Gasteiger partial charge in [0.15, 0.2) is 0 Å². The average molecular weight is 555 g/mol. The summed E-state index contributed by atoms with van der Waals surface area (Å²) in [5, 5.41) is 18.9. The van der Waals surface area contributed by atoms with Crippen molar-refractivity contribution in [1.29, 1.82) is 0 Å². The lowest BCUT2D eigenvalue weighted by Crippen LogP contribution is -2.59. The van der Waals surface area contributed by atoms with Crippen LogP contribution in [0.2, 0.25) is 0 Å². The molecule has 0 aromatic heterocycles. The zero-order valence-corrected chi connectivity index (χ0v) is 23.2. The van der Waals surface area contributed by atoms with Gasteiger partial charge >= 0.3 is 0 Å². The predicted molar refractivity (Wildman–Crippen MR) is 151 cm³/mol. The Balaban J connectivity index is 1.92. The molecule has 0 spiro atoms. The van der Waals surface area contributed by atoms with Gasteiger partial charge in [0.25, 0.3) is 0 Å². The number of benzene rings is 2. The Morgan fingerprint density at radius 1 is 1.10 bits per heavy atom. The van der Waals surface area contributed by atoms with E-state index in [1.807, 2.05) is 44.2 Å². The molecule has 1 unspecified atom stereocenters. The van der Waals surface area contributed by atoms with E-state index in [9.17, 15) is 23.9 Å². The molecule has 3 rings (SSSR count). The van der Waals surface area contributed by atoms with Crippen LogP contribution in [-0.2, 0) is 20.8 Å². The van der Waals surface area contributed by atoms with Gasteiger partial charge in [0.2, 0.25) is 17.7 Å². The summed E-state index contributed by atoms with van der Waals surface area (Å²) in [5.41, 5.74) is 1.46. The van der Waals surface area contributed by atoms with Crippen LogP contribution in [0.4, 0.5) is 4.39 Å². The van der Waals surface area contributed by atoms with E-state index in [-0.39, 0.29) is 24.8 Å². The fourth-order valence-electron chi connectivity index (χ4n) is 4.45. The molecule has 4 N–H and O–H groups in total. The van der Waals surface area contributed by atoms with Crippen LogP contribution < -0.4 is 20.7 Å². The Labute approximate surface area is 234 Å². The molecular formula is C30H39FN4O5. The first-order valence-electron chi connectivity index (χ1n) is 13.6. The van der Waals surface area contributed by atoms with Crippen LogP contribution in [0.15, 0.2) is 54.6 Å². The van der Waals surface area contributed by atoms with Gasteiger partial charge in [-0.1, -0.05) is 62.8 Å². The van der Waals surface area contributed by atoms with E-state index < -0.39 is 42.4 Å². The van der Waals surface area contributed by atoms with Crippen molar-refractivity contribution in [2.75, 3.05) is 33.4 Å². The molecule has 1 aliphatic rings. The summed E-state index contributed by atoms with van der Waals surface area (Å²) in [6.45, 7) is 4.16. The van der Waals surface area contributed by atoms with Gasteiger partial charge in [-0.3, -0.25) is 14.4 Å². The highest BCUT2D eigenvalue weighted by atomic mass is 19.1. The Morgan fingerprint density at radius 3 is 2.52 bits per heavy atom. The van der Waals surface area contributed by atoms with Gasteiger partial charge in [0.1, 0.15) is 30.3 Å². The summed E-state index contributed by atoms with van der Waals surface area (Å²) in [5.74, 6) is -1.29. The van der Waals surface area contributed by atoms with Gasteiger partial charge in [-0.15, -0.1) is 0 Å². The maximum atomic E-state index is 13.5. The number of carbonyl (C=O) groups excluding carboxylic acids is 3. The van der Waals surface area contributed by atoms with E-state index in [0.717, 1.165) is 5.56 Å². The van der Waals surface area contributed by atoms with Crippen molar-refractivity contribution in [1.82, 2.24) is 20.9 Å². The second-order valence-corrected chi connectivity index (χ2v) is 9.89. The summed E-state index contributed by atoms with van der Waals surface area (Å²) in [4.78, 5) is 41.2. The molecule has 0 bridgehead atoms. The van der Waals surface area contributed by atoms with Crippen molar-refractivity contribution in [3.8, 4) is 5.75 Å². The van der Waals surface area contributed by atoms with Gasteiger partial charge in [-0.25, -0.2) is 4.39 Å². The number of carbonyl (C=O) groups is 3. The monoisotopic (exact) mass is 554 g/mol. The number of rotatable bonds is 5. The third kappa shape index (κ3) is 8.37. The van der Waals surface area contributed by atoms with Gasteiger partial charge in [0, 0.05) is 32.1 Å². The number of aliphatic hydroxyl groups is 1. The number of ether oxygens (including phenoxy) is 1. The summed E-state index contributed by atoms with van der Waals surface area (Å²) < 4.78 is 19.4. The lowest BCUT2D eigenvalue weighted by molar-refractivity contribution is -0.143. The zero-order valence-electron chi connectivity index (χ0n) is 23.2. The topological polar surface area (TPSA) is 120 Å². The molecular weight excluding hydrogens is 515 g/mol. The van der Waals surface area contributed by atoms with Gasteiger partial charge in [-0.05, 0) is 29.7 Å². The minimum absolute atomic E-state index is 0.0600. The van der Waals surface area contributed by atoms with E-state index in [4.69, 9.17) is 4.74 Å². The molecule has 4 atom stereocenters. The molecule has 1 heterocycles. The van der Waals surface area contributed by atoms with Crippen molar-refractivity contribution in [3.05, 3.63) is 71.6 Å². The van der Waals surface area contributed by atoms with Crippen molar-refractivity contribution in [2.24, 2.45) is 5.92 Å². The highest BCUT2D eigenvalue weighted by Gasteiger charge is 2.34. The minimum Gasteiger partial charge on any atom is -0.492 e. The molecule has 0 fully saturated rings. The fraction of sp³-hybridized carbons (Fsp3) is 0.433. The number of halogens is 1. The zero-order chi connectivity index (χ0) is 29.1. The lowest BCUT2D eigenvalue weighted by Gasteiger charge is -2.33. The highest BCUT2D eigenvalue weighted by Crippen LogP contribution is 2.19. The Bertz CT molecular complexity index is 1170. The number of nitrogens with one attached hydrogen (secondary N) is 3. The number of para-hydroxylation sites is 1. The van der Waals surface area contributed by atoms with Crippen molar-refractivity contribution >= 4 is 23.8 Å². The summed E-state index contributed by atoms with van der Waals surface area (Å²) >= 11 is 0. The maximum absolute atomic E-state index is 13.5. The number of hydrogen-bond acceptors (Lipinski definition) is 6. The van der Waals surface area contributed by atoms with Gasteiger partial charge < -0.3 is 30.7 Å². The molecule has 1 aliphatic heterocycles. The SMILES string of the molecule is CCC(C)[C@@H]1NCCOc2ccccc2C=CCNC(=O)[C@@H](Cc2ccc(F)cc2)NC(=O)[C@H](CO)N(C)C1=O. The summed E-state index contributed by atoms with van der Waals surface area (Å²) in [7, 11) is 1.46. The second kappa shape index (κ2) is 15.1. The average Bonchev–Trinajstić information content (AvgIpc) is 2.95. The van der Waals surface area contributed by atoms with E-state index in [2.05, 4.69) is 16.0 Å². The first kappa shape index (κ1) is 30.8. The molecule has 2 aromatic rings. The maximum Gasteiger partial charge on any atom is 0.245 e. The van der Waals surface area contributed by atoms with Crippen LogP contribution in [0.5, 0.6) is 5.75 Å². The Morgan fingerprint density at radius 2 is 1.82 bits per heavy atom. The molecule has 9 nitrogen and oxygen atoms in total. The van der Waals surface area contributed by atoms with Crippen LogP contribution >= 0.6 is 0 Å². The Hall–Kier alpha value is -3.76. The number of aliphatic hydroxyl groups excluding tert-OH is 1. The minimum atomic E-state index is -1.22. The Kier molecular flexibility index (Phi) is 11.6. The number of fused-ring (bicyclic) bond motifs is 1. The normalized spacial score (nSPS) is 22.3. The standard InChI is InChI=1S/C30H39FN4O5/c1-4-20(2)27-30(39)35(3)25(19-36)29(38)34-24(18-21-11-13-23(31)14-12-21)28(37)33-15-7-9-22-8-5-6-10-26(22)40-17-16-32-27/h5-14,20,24-25,27,32,36H,4,15-19H2,1-3H3,(H,33,37)(H,34,38)/t20?,24-,25+,27+/m1/s1. The number of amides is 3. The van der Waals surface area contributed by atoms with Crippen molar-refractivity contribution in [2.45, 2.75) is 44.8 Å². The van der Waals surface area contributed by atoms with Crippen LogP contribution in [-0.4, -0.2) is 79.2 Å². The molecule has 0 aliphatic carbocycles. The van der Waals surface area contributed by atoms with E-state index in [1.54, 1.807) is 18.2 Å². The third-order valence-corrected chi connectivity index (χ3v) is 7.09. The first-order chi connectivity index (χ1) is 19.2. The molecule has 0 saturated heterocycles. The molecule has 40 heavy (non-hydrogen) atoms. The van der Waals surface area contributed by atoms with E-state index >= 15 is 0 Å². The molecule has 10 heteroatoms. The van der Waals surface area contributed by atoms with Gasteiger partial charge in [0.05, 0.1) is 12.6 Å². The molecule has 0 radical (unpaired) electrons. The van der Waals surface area contributed by atoms with Crippen LogP contribution in [0, 0.1) is 11.7 Å². The van der Waals surface area contributed by atoms with Crippen molar-refractivity contribution < 1.29 is 28.6 Å². The first-order valence-corrected chi connectivity index (χ1v) is 13.6. The molecule has 3 amide bonds. The number of nitrogens with zero attached hydrogens (tertiary/aromatic N) is 1. The van der Waals surface area contributed by atoms with Gasteiger partial charge in [-0.2, -0.15) is 0 Å². The second-order valence-electron chi connectivity index (χ2n) is 9.89. The molecule has 2 aromatic carbocycles. The molecule has 216 valence electrons. The van der Waals surface area contributed by atoms with Crippen LogP contribution in [0.1, 0.15) is 31.4 Å². The summed E-state index contributed by atoms with van der Waals surface area (Å²) in [6, 6.07) is 10.3.